The smallest absolute Gasteiger partial charge is 0.223 e. The van der Waals surface area contributed by atoms with E-state index in [1.54, 1.807) is 0 Å². The van der Waals surface area contributed by atoms with Gasteiger partial charge < -0.3 is 5.73 Å². The topological polar surface area (TPSA) is 43.1 Å². The van der Waals surface area contributed by atoms with Crippen LogP contribution in [0.5, 0.6) is 0 Å². The van der Waals surface area contributed by atoms with Gasteiger partial charge in [0.2, 0.25) is 5.91 Å². The highest BCUT2D eigenvalue weighted by molar-refractivity contribution is 5.80. The van der Waals surface area contributed by atoms with Crippen LogP contribution in [0.15, 0.2) is 0 Å². The Morgan fingerprint density at radius 1 is 0.789 bits per heavy atom. The van der Waals surface area contributed by atoms with Crippen molar-refractivity contribution < 1.29 is 4.79 Å². The predicted octanol–water partition coefficient (Wildman–Crippen LogP) is 5.20. The third kappa shape index (κ3) is 7.59. The average molecular weight is 269 g/mol. The number of carbonyl (C=O) groups excluding carboxylic acids is 1. The SMILES string of the molecule is CCCCCCCCCCCC(CC)(CC)C(N)=O. The van der Waals surface area contributed by atoms with E-state index < -0.39 is 0 Å². The normalized spacial score (nSPS) is 11.7. The van der Waals surface area contributed by atoms with Gasteiger partial charge in [-0.05, 0) is 19.3 Å². The van der Waals surface area contributed by atoms with Gasteiger partial charge in [0.15, 0.2) is 0 Å². The number of hydrogen-bond donors (Lipinski definition) is 1. The lowest BCUT2D eigenvalue weighted by molar-refractivity contribution is -0.128. The molecule has 0 fully saturated rings. The van der Waals surface area contributed by atoms with Gasteiger partial charge in [0.1, 0.15) is 0 Å². The van der Waals surface area contributed by atoms with Crippen molar-refractivity contribution in [1.82, 2.24) is 0 Å². The molecule has 19 heavy (non-hydrogen) atoms. The Balaban J connectivity index is 3.59. The van der Waals surface area contributed by atoms with Gasteiger partial charge in [-0.25, -0.2) is 0 Å². The first-order valence-corrected chi connectivity index (χ1v) is 8.42. The molecule has 0 unspecified atom stereocenters. The zero-order valence-corrected chi connectivity index (χ0v) is 13.5. The van der Waals surface area contributed by atoms with Crippen LogP contribution in [0.2, 0.25) is 0 Å². The molecule has 114 valence electrons. The number of carbonyl (C=O) groups is 1. The molecular weight excluding hydrogens is 234 g/mol. The third-order valence-electron chi connectivity index (χ3n) is 4.64. The second-order valence-electron chi connectivity index (χ2n) is 5.93. The summed E-state index contributed by atoms with van der Waals surface area (Å²) >= 11 is 0. The van der Waals surface area contributed by atoms with Gasteiger partial charge in [0, 0.05) is 5.41 Å². The van der Waals surface area contributed by atoms with Crippen molar-refractivity contribution >= 4 is 5.91 Å². The van der Waals surface area contributed by atoms with Crippen LogP contribution in [0, 0.1) is 5.41 Å². The molecule has 2 heteroatoms. The lowest BCUT2D eigenvalue weighted by Gasteiger charge is -2.27. The van der Waals surface area contributed by atoms with Gasteiger partial charge in [0.05, 0.1) is 0 Å². The van der Waals surface area contributed by atoms with Gasteiger partial charge in [-0.2, -0.15) is 0 Å². The predicted molar refractivity (Wildman–Crippen MR) is 84.1 cm³/mol. The van der Waals surface area contributed by atoms with E-state index in [0.29, 0.717) is 0 Å². The van der Waals surface area contributed by atoms with Crippen molar-refractivity contribution in [3.05, 3.63) is 0 Å². The van der Waals surface area contributed by atoms with Gasteiger partial charge >= 0.3 is 0 Å². The van der Waals surface area contributed by atoms with Crippen LogP contribution < -0.4 is 5.73 Å². The summed E-state index contributed by atoms with van der Waals surface area (Å²) in [5.74, 6) is -0.0999. The quantitative estimate of drug-likeness (QED) is 0.459. The second kappa shape index (κ2) is 11.3. The molecule has 0 atom stereocenters. The summed E-state index contributed by atoms with van der Waals surface area (Å²) in [6, 6.07) is 0. The maximum atomic E-state index is 11.6. The molecule has 0 aromatic rings. The lowest BCUT2D eigenvalue weighted by Crippen LogP contribution is -2.36. The Morgan fingerprint density at radius 3 is 1.58 bits per heavy atom. The lowest BCUT2D eigenvalue weighted by atomic mass is 9.77. The Kier molecular flexibility index (Phi) is 11.0. The van der Waals surface area contributed by atoms with E-state index in [9.17, 15) is 4.79 Å². The van der Waals surface area contributed by atoms with Gasteiger partial charge in [-0.3, -0.25) is 4.79 Å². The van der Waals surface area contributed by atoms with E-state index >= 15 is 0 Å². The van der Waals surface area contributed by atoms with Crippen LogP contribution in [-0.4, -0.2) is 5.91 Å². The molecular formula is C17H35NO. The Bertz CT molecular complexity index is 221. The molecule has 0 spiro atoms. The van der Waals surface area contributed by atoms with Crippen molar-refractivity contribution in [2.75, 3.05) is 0 Å². The van der Waals surface area contributed by atoms with Crippen molar-refractivity contribution in [2.24, 2.45) is 11.1 Å². The summed E-state index contributed by atoms with van der Waals surface area (Å²) in [4.78, 5) is 11.6. The Labute approximate surface area is 120 Å². The number of amides is 1. The molecule has 0 aromatic carbocycles. The van der Waals surface area contributed by atoms with E-state index in [0.717, 1.165) is 25.7 Å². The standard InChI is InChI=1S/C17H35NO/c1-4-7-8-9-10-11-12-13-14-15-17(5-2,6-3)16(18)19/h4-15H2,1-3H3,(H2,18,19). The maximum absolute atomic E-state index is 11.6. The molecule has 2 N–H and O–H groups in total. The molecule has 0 aliphatic carbocycles. The molecule has 0 radical (unpaired) electrons. The van der Waals surface area contributed by atoms with Crippen LogP contribution in [-0.2, 0) is 4.79 Å². The first kappa shape index (κ1) is 18.5. The van der Waals surface area contributed by atoms with Gasteiger partial charge in [0.25, 0.3) is 0 Å². The molecule has 0 rings (SSSR count). The highest BCUT2D eigenvalue weighted by Crippen LogP contribution is 2.32. The molecule has 0 aliphatic heterocycles. The third-order valence-corrected chi connectivity index (χ3v) is 4.64. The van der Waals surface area contributed by atoms with E-state index in [2.05, 4.69) is 20.8 Å². The summed E-state index contributed by atoms with van der Waals surface area (Å²) < 4.78 is 0. The van der Waals surface area contributed by atoms with Crippen LogP contribution in [0.1, 0.15) is 97.8 Å². The monoisotopic (exact) mass is 269 g/mol. The number of hydrogen-bond acceptors (Lipinski definition) is 1. The summed E-state index contributed by atoms with van der Waals surface area (Å²) in [7, 11) is 0. The van der Waals surface area contributed by atoms with Crippen LogP contribution >= 0.6 is 0 Å². The maximum Gasteiger partial charge on any atom is 0.223 e. The van der Waals surface area contributed by atoms with E-state index in [1.165, 1.54) is 51.4 Å². The minimum atomic E-state index is -0.235. The molecule has 0 heterocycles. The molecule has 0 saturated heterocycles. The summed E-state index contributed by atoms with van der Waals surface area (Å²) in [5.41, 5.74) is 5.33. The van der Waals surface area contributed by atoms with Crippen LogP contribution in [0.25, 0.3) is 0 Å². The van der Waals surface area contributed by atoms with Gasteiger partial charge in [-0.1, -0.05) is 78.6 Å². The summed E-state index contributed by atoms with van der Waals surface area (Å²) in [6.45, 7) is 6.43. The first-order valence-electron chi connectivity index (χ1n) is 8.42. The Morgan fingerprint density at radius 2 is 1.21 bits per heavy atom. The van der Waals surface area contributed by atoms with Crippen LogP contribution in [0.3, 0.4) is 0 Å². The Hall–Kier alpha value is -0.530. The highest BCUT2D eigenvalue weighted by Gasteiger charge is 2.31. The van der Waals surface area contributed by atoms with Crippen molar-refractivity contribution in [3.63, 3.8) is 0 Å². The number of unbranched alkanes of at least 4 members (excludes halogenated alkanes) is 8. The number of primary amides is 1. The second-order valence-corrected chi connectivity index (χ2v) is 5.93. The molecule has 0 bridgehead atoms. The van der Waals surface area contributed by atoms with Crippen molar-refractivity contribution in [3.8, 4) is 0 Å². The van der Waals surface area contributed by atoms with Crippen molar-refractivity contribution in [1.29, 1.82) is 0 Å². The minimum absolute atomic E-state index is 0.0999. The molecule has 0 aromatic heterocycles. The fourth-order valence-electron chi connectivity index (χ4n) is 2.85. The summed E-state index contributed by atoms with van der Waals surface area (Å²) in [6.07, 6.45) is 14.7. The van der Waals surface area contributed by atoms with Gasteiger partial charge in [-0.15, -0.1) is 0 Å². The van der Waals surface area contributed by atoms with Crippen LogP contribution in [0.4, 0.5) is 0 Å². The zero-order chi connectivity index (χ0) is 14.6. The largest absolute Gasteiger partial charge is 0.369 e. The molecule has 0 saturated carbocycles. The van der Waals surface area contributed by atoms with E-state index in [4.69, 9.17) is 5.73 Å². The first-order chi connectivity index (χ1) is 9.13. The number of nitrogens with two attached hydrogens (primary N) is 1. The zero-order valence-electron chi connectivity index (χ0n) is 13.5. The van der Waals surface area contributed by atoms with E-state index in [-0.39, 0.29) is 11.3 Å². The molecule has 2 nitrogen and oxygen atoms in total. The highest BCUT2D eigenvalue weighted by atomic mass is 16.1. The number of rotatable bonds is 13. The van der Waals surface area contributed by atoms with E-state index in [1.807, 2.05) is 0 Å². The summed E-state index contributed by atoms with van der Waals surface area (Å²) in [5, 5.41) is 0. The fourth-order valence-corrected chi connectivity index (χ4v) is 2.85. The molecule has 0 aliphatic rings. The average Bonchev–Trinajstić information content (AvgIpc) is 2.41. The van der Waals surface area contributed by atoms with Crippen molar-refractivity contribution in [2.45, 2.75) is 97.8 Å². The molecule has 1 amide bonds. The fraction of sp³-hybridized carbons (Fsp3) is 0.941. The minimum Gasteiger partial charge on any atom is -0.369 e.